The summed E-state index contributed by atoms with van der Waals surface area (Å²) in [7, 11) is 0. The Balaban J connectivity index is 1.26. The highest BCUT2D eigenvalue weighted by Gasteiger charge is 2.22. The first-order valence-electron chi connectivity index (χ1n) is 11.7. The summed E-state index contributed by atoms with van der Waals surface area (Å²) in [6.07, 6.45) is 2.37. The lowest BCUT2D eigenvalue weighted by molar-refractivity contribution is -0.133. The van der Waals surface area contributed by atoms with Gasteiger partial charge in [-0.25, -0.2) is 0 Å². The Morgan fingerprint density at radius 1 is 1.16 bits per heavy atom. The summed E-state index contributed by atoms with van der Waals surface area (Å²) in [5.41, 5.74) is 6.19. The van der Waals surface area contributed by atoms with Crippen molar-refractivity contribution in [3.8, 4) is 5.75 Å². The zero-order valence-corrected chi connectivity index (χ0v) is 19.5. The number of rotatable bonds is 7. The van der Waals surface area contributed by atoms with Gasteiger partial charge in [-0.1, -0.05) is 26.0 Å². The van der Waals surface area contributed by atoms with Crippen molar-refractivity contribution in [3.63, 3.8) is 0 Å². The highest BCUT2D eigenvalue weighted by Crippen LogP contribution is 2.26. The minimum atomic E-state index is 0.268. The fraction of sp³-hybridized carbons (Fsp3) is 0.600. The molecule has 2 aliphatic rings. The molecule has 0 aliphatic carbocycles. The van der Waals surface area contributed by atoms with E-state index in [4.69, 9.17) is 4.74 Å². The number of amides is 1. The molecule has 0 bridgehead atoms. The van der Waals surface area contributed by atoms with Crippen LogP contribution in [0.3, 0.4) is 0 Å². The van der Waals surface area contributed by atoms with Crippen molar-refractivity contribution in [1.29, 1.82) is 0 Å². The summed E-state index contributed by atoms with van der Waals surface area (Å²) in [5, 5.41) is 4.69. The molecular weight excluding hydrogens is 388 g/mol. The van der Waals surface area contributed by atoms with Crippen molar-refractivity contribution in [1.82, 2.24) is 19.6 Å². The van der Waals surface area contributed by atoms with E-state index in [-0.39, 0.29) is 5.91 Å². The molecule has 3 heterocycles. The molecule has 0 atom stereocenters. The number of aryl methyl sites for hydroxylation is 1. The van der Waals surface area contributed by atoms with E-state index < -0.39 is 0 Å². The SMILES string of the molecule is Cc1nn(CC(C)C)c(C)c1CCC(=O)N1CCN(Cc2ccc3c(c2)CCO3)CC1. The first kappa shape index (κ1) is 21.9. The van der Waals surface area contributed by atoms with Gasteiger partial charge in [0.25, 0.3) is 0 Å². The number of hydrogen-bond acceptors (Lipinski definition) is 4. The molecule has 0 spiro atoms. The van der Waals surface area contributed by atoms with Crippen LogP contribution in [0.1, 0.15) is 48.3 Å². The lowest BCUT2D eigenvalue weighted by Crippen LogP contribution is -2.48. The van der Waals surface area contributed by atoms with Crippen LogP contribution in [0.2, 0.25) is 0 Å². The van der Waals surface area contributed by atoms with Crippen LogP contribution in [0.5, 0.6) is 5.75 Å². The van der Waals surface area contributed by atoms with Gasteiger partial charge < -0.3 is 9.64 Å². The van der Waals surface area contributed by atoms with Crippen molar-refractivity contribution in [3.05, 3.63) is 46.3 Å². The number of fused-ring (bicyclic) bond motifs is 1. The van der Waals surface area contributed by atoms with Crippen LogP contribution in [-0.2, 0) is 30.7 Å². The van der Waals surface area contributed by atoms with Crippen LogP contribution < -0.4 is 4.74 Å². The maximum Gasteiger partial charge on any atom is 0.222 e. The normalized spacial score (nSPS) is 16.6. The summed E-state index contributed by atoms with van der Waals surface area (Å²) in [6, 6.07) is 6.56. The molecule has 6 nitrogen and oxygen atoms in total. The fourth-order valence-electron chi connectivity index (χ4n) is 4.76. The Labute approximate surface area is 186 Å². The first-order valence-corrected chi connectivity index (χ1v) is 11.7. The van der Waals surface area contributed by atoms with Gasteiger partial charge in [-0.3, -0.25) is 14.4 Å². The molecule has 0 saturated carbocycles. The second kappa shape index (κ2) is 9.43. The third-order valence-electron chi connectivity index (χ3n) is 6.54. The number of aromatic nitrogens is 2. The summed E-state index contributed by atoms with van der Waals surface area (Å²) >= 11 is 0. The van der Waals surface area contributed by atoms with E-state index in [1.165, 1.54) is 22.4 Å². The number of carbonyl (C=O) groups is 1. The van der Waals surface area contributed by atoms with Crippen LogP contribution >= 0.6 is 0 Å². The van der Waals surface area contributed by atoms with Crippen molar-refractivity contribution in [2.75, 3.05) is 32.8 Å². The second-order valence-corrected chi connectivity index (χ2v) is 9.42. The Kier molecular flexibility index (Phi) is 6.65. The van der Waals surface area contributed by atoms with Crippen molar-refractivity contribution in [2.45, 2.75) is 60.0 Å². The number of piperazine rings is 1. The van der Waals surface area contributed by atoms with Gasteiger partial charge in [-0.15, -0.1) is 0 Å². The standard InChI is InChI=1S/C25H36N4O2/c1-18(2)16-29-20(4)23(19(3)26-29)6-8-25(30)28-12-10-27(11-13-28)17-21-5-7-24-22(15-21)9-14-31-24/h5,7,15,18H,6,8-14,16-17H2,1-4H3. The Hall–Kier alpha value is -2.34. The molecule has 6 heteroatoms. The van der Waals surface area contributed by atoms with Crippen molar-refractivity contribution in [2.24, 2.45) is 5.92 Å². The fourth-order valence-corrected chi connectivity index (χ4v) is 4.76. The Morgan fingerprint density at radius 3 is 2.68 bits per heavy atom. The van der Waals surface area contributed by atoms with Crippen LogP contribution in [0.25, 0.3) is 0 Å². The maximum absolute atomic E-state index is 12.8. The Morgan fingerprint density at radius 2 is 1.94 bits per heavy atom. The molecule has 1 fully saturated rings. The van der Waals surface area contributed by atoms with Crippen LogP contribution in [0.4, 0.5) is 0 Å². The van der Waals surface area contributed by atoms with E-state index in [0.29, 0.717) is 12.3 Å². The summed E-state index contributed by atoms with van der Waals surface area (Å²) in [5.74, 6) is 1.87. The van der Waals surface area contributed by atoms with Crippen molar-refractivity contribution >= 4 is 5.91 Å². The minimum Gasteiger partial charge on any atom is -0.493 e. The molecule has 0 unspecified atom stereocenters. The monoisotopic (exact) mass is 424 g/mol. The van der Waals surface area contributed by atoms with Crippen LogP contribution in [0, 0.1) is 19.8 Å². The number of carbonyl (C=O) groups excluding carboxylic acids is 1. The average Bonchev–Trinajstić information content (AvgIpc) is 3.30. The van der Waals surface area contributed by atoms with E-state index in [1.807, 2.05) is 4.90 Å². The zero-order chi connectivity index (χ0) is 22.0. The lowest BCUT2D eigenvalue weighted by Gasteiger charge is -2.35. The quantitative estimate of drug-likeness (QED) is 0.684. The molecular formula is C25H36N4O2. The molecule has 1 aromatic carbocycles. The molecule has 2 aromatic rings. The van der Waals surface area contributed by atoms with Crippen LogP contribution in [-0.4, -0.2) is 58.3 Å². The minimum absolute atomic E-state index is 0.268. The van der Waals surface area contributed by atoms with Crippen molar-refractivity contribution < 1.29 is 9.53 Å². The van der Waals surface area contributed by atoms with E-state index in [9.17, 15) is 4.79 Å². The summed E-state index contributed by atoms with van der Waals surface area (Å²) < 4.78 is 7.71. The number of ether oxygens (including phenoxy) is 1. The number of hydrogen-bond donors (Lipinski definition) is 0. The van der Waals surface area contributed by atoms with E-state index in [2.05, 4.69) is 60.6 Å². The second-order valence-electron chi connectivity index (χ2n) is 9.42. The largest absolute Gasteiger partial charge is 0.493 e. The highest BCUT2D eigenvalue weighted by atomic mass is 16.5. The van der Waals surface area contributed by atoms with E-state index in [0.717, 1.165) is 70.2 Å². The topological polar surface area (TPSA) is 50.6 Å². The summed E-state index contributed by atoms with van der Waals surface area (Å²) in [4.78, 5) is 17.3. The predicted molar refractivity (Wildman–Crippen MR) is 122 cm³/mol. The van der Waals surface area contributed by atoms with Crippen LogP contribution in [0.15, 0.2) is 18.2 Å². The highest BCUT2D eigenvalue weighted by molar-refractivity contribution is 5.76. The molecule has 1 amide bonds. The predicted octanol–water partition coefficient (Wildman–Crippen LogP) is 3.37. The zero-order valence-electron chi connectivity index (χ0n) is 19.5. The van der Waals surface area contributed by atoms with Gasteiger partial charge in [0.2, 0.25) is 5.91 Å². The van der Waals surface area contributed by atoms with Gasteiger partial charge in [0.15, 0.2) is 0 Å². The van der Waals surface area contributed by atoms with E-state index >= 15 is 0 Å². The molecule has 0 radical (unpaired) electrons. The van der Waals surface area contributed by atoms with Gasteiger partial charge in [-0.2, -0.15) is 5.10 Å². The third kappa shape index (κ3) is 5.12. The average molecular weight is 425 g/mol. The first-order chi connectivity index (χ1) is 14.9. The van der Waals surface area contributed by atoms with Gasteiger partial charge >= 0.3 is 0 Å². The summed E-state index contributed by atoms with van der Waals surface area (Å²) in [6.45, 7) is 14.8. The molecule has 1 saturated heterocycles. The van der Waals surface area contributed by atoms with Gasteiger partial charge in [-0.05, 0) is 48.9 Å². The van der Waals surface area contributed by atoms with Gasteiger partial charge in [0.05, 0.1) is 12.3 Å². The maximum atomic E-state index is 12.8. The van der Waals surface area contributed by atoms with E-state index in [1.54, 1.807) is 0 Å². The molecule has 2 aliphatic heterocycles. The number of benzene rings is 1. The molecule has 1 aromatic heterocycles. The Bertz CT molecular complexity index is 926. The smallest absolute Gasteiger partial charge is 0.222 e. The van der Waals surface area contributed by atoms with Gasteiger partial charge in [0.1, 0.15) is 5.75 Å². The molecule has 4 rings (SSSR count). The molecule has 0 N–H and O–H groups in total. The van der Waals surface area contributed by atoms with Gasteiger partial charge in [0, 0.05) is 57.8 Å². The third-order valence-corrected chi connectivity index (χ3v) is 6.54. The lowest BCUT2D eigenvalue weighted by atomic mass is 10.1. The molecule has 168 valence electrons. The molecule has 31 heavy (non-hydrogen) atoms. The number of nitrogens with zero attached hydrogens (tertiary/aromatic N) is 4.